The summed E-state index contributed by atoms with van der Waals surface area (Å²) in [5, 5.41) is 4.95. The quantitative estimate of drug-likeness (QED) is 0.855. The predicted molar refractivity (Wildman–Crippen MR) is 95.5 cm³/mol. The van der Waals surface area contributed by atoms with E-state index in [-0.39, 0.29) is 5.91 Å². The number of carbonyl (C=O) groups is 1. The minimum absolute atomic E-state index is 0.0770. The van der Waals surface area contributed by atoms with Gasteiger partial charge in [-0.1, -0.05) is 12.1 Å². The van der Waals surface area contributed by atoms with Crippen LogP contribution in [0.4, 0.5) is 5.82 Å². The fourth-order valence-electron chi connectivity index (χ4n) is 2.74. The molecule has 0 radical (unpaired) electrons. The Balaban J connectivity index is 1.60. The lowest BCUT2D eigenvalue weighted by Gasteiger charge is -2.29. The number of rotatable bonds is 5. The van der Waals surface area contributed by atoms with Gasteiger partial charge in [0.25, 0.3) is 0 Å². The van der Waals surface area contributed by atoms with Crippen molar-refractivity contribution in [2.75, 3.05) is 18.0 Å². The predicted octanol–water partition coefficient (Wildman–Crippen LogP) is 3.46. The summed E-state index contributed by atoms with van der Waals surface area (Å²) in [4.78, 5) is 19.9. The van der Waals surface area contributed by atoms with Gasteiger partial charge in [-0.3, -0.25) is 4.79 Å². The van der Waals surface area contributed by atoms with Crippen molar-refractivity contribution >= 4 is 29.1 Å². The van der Waals surface area contributed by atoms with Crippen molar-refractivity contribution < 1.29 is 4.79 Å². The van der Waals surface area contributed by atoms with Crippen LogP contribution in [-0.2, 0) is 11.3 Å². The van der Waals surface area contributed by atoms with E-state index >= 15 is 0 Å². The minimum atomic E-state index is -0.0770. The highest BCUT2D eigenvalue weighted by atomic mass is 32.1. The molecule has 120 valence electrons. The molecule has 2 aromatic heterocycles. The van der Waals surface area contributed by atoms with Crippen molar-refractivity contribution in [3.05, 3.63) is 52.4 Å². The molecule has 1 aliphatic rings. The molecular weight excluding hydrogens is 306 g/mol. The first kappa shape index (κ1) is 15.7. The van der Waals surface area contributed by atoms with Crippen LogP contribution < -0.4 is 10.2 Å². The number of amides is 1. The molecule has 0 aliphatic carbocycles. The highest BCUT2D eigenvalue weighted by Gasteiger charge is 2.15. The fourth-order valence-corrected chi connectivity index (χ4v) is 3.36. The maximum Gasteiger partial charge on any atom is 0.244 e. The third-order valence-electron chi connectivity index (χ3n) is 3.92. The number of hydrogen-bond acceptors (Lipinski definition) is 4. The lowest BCUT2D eigenvalue weighted by atomic mass is 10.1. The molecule has 0 spiro atoms. The van der Waals surface area contributed by atoms with E-state index in [9.17, 15) is 4.79 Å². The van der Waals surface area contributed by atoms with Crippen LogP contribution in [0.2, 0.25) is 0 Å². The molecule has 0 bridgehead atoms. The molecule has 0 unspecified atom stereocenters. The van der Waals surface area contributed by atoms with Crippen molar-refractivity contribution in [1.82, 2.24) is 10.3 Å². The maximum absolute atomic E-state index is 12.0. The van der Waals surface area contributed by atoms with E-state index in [0.717, 1.165) is 29.3 Å². The van der Waals surface area contributed by atoms with Crippen LogP contribution in [0, 0.1) is 0 Å². The summed E-state index contributed by atoms with van der Waals surface area (Å²) in [6, 6.07) is 7.93. The minimum Gasteiger partial charge on any atom is -0.356 e. The topological polar surface area (TPSA) is 45.2 Å². The monoisotopic (exact) mass is 327 g/mol. The number of piperidine rings is 1. The summed E-state index contributed by atoms with van der Waals surface area (Å²) >= 11 is 1.62. The Morgan fingerprint density at radius 2 is 2.13 bits per heavy atom. The van der Waals surface area contributed by atoms with Crippen molar-refractivity contribution in [3.63, 3.8) is 0 Å². The van der Waals surface area contributed by atoms with E-state index in [1.165, 1.54) is 19.3 Å². The third kappa shape index (κ3) is 4.42. The number of nitrogens with one attached hydrogen (secondary N) is 1. The molecule has 1 N–H and O–H groups in total. The van der Waals surface area contributed by atoms with Crippen molar-refractivity contribution in [1.29, 1.82) is 0 Å². The number of aromatic nitrogens is 1. The van der Waals surface area contributed by atoms with E-state index in [4.69, 9.17) is 0 Å². The van der Waals surface area contributed by atoms with Gasteiger partial charge in [-0.2, -0.15) is 0 Å². The molecule has 4 nitrogen and oxygen atoms in total. The second kappa shape index (κ2) is 7.92. The van der Waals surface area contributed by atoms with Crippen LogP contribution in [0.15, 0.2) is 41.9 Å². The number of pyridine rings is 1. The number of thiophene rings is 1. The lowest BCUT2D eigenvalue weighted by Crippen LogP contribution is -2.32. The van der Waals surface area contributed by atoms with Gasteiger partial charge in [0.05, 0.1) is 0 Å². The Hall–Kier alpha value is -2.14. The van der Waals surface area contributed by atoms with Crippen LogP contribution in [0.1, 0.15) is 29.7 Å². The average Bonchev–Trinajstić information content (AvgIpc) is 3.13. The van der Waals surface area contributed by atoms with Gasteiger partial charge >= 0.3 is 0 Å². The molecule has 3 rings (SSSR count). The van der Waals surface area contributed by atoms with E-state index in [1.807, 2.05) is 41.9 Å². The Morgan fingerprint density at radius 3 is 2.91 bits per heavy atom. The first-order chi connectivity index (χ1) is 11.3. The largest absolute Gasteiger partial charge is 0.356 e. The van der Waals surface area contributed by atoms with E-state index in [0.29, 0.717) is 6.54 Å². The SMILES string of the molecule is O=C(C=Cc1cccs1)NCc1cccnc1N1CCCCC1. The van der Waals surface area contributed by atoms with Gasteiger partial charge in [0.15, 0.2) is 0 Å². The van der Waals surface area contributed by atoms with Crippen LogP contribution in [0.25, 0.3) is 6.08 Å². The molecular formula is C18H21N3OS. The van der Waals surface area contributed by atoms with Gasteiger partial charge in [0.2, 0.25) is 5.91 Å². The molecule has 1 aliphatic heterocycles. The Labute approximate surface area is 140 Å². The second-order valence-electron chi connectivity index (χ2n) is 5.60. The van der Waals surface area contributed by atoms with E-state index < -0.39 is 0 Å². The summed E-state index contributed by atoms with van der Waals surface area (Å²) in [6.45, 7) is 2.61. The Kier molecular flexibility index (Phi) is 5.42. The zero-order valence-electron chi connectivity index (χ0n) is 13.1. The summed E-state index contributed by atoms with van der Waals surface area (Å²) in [6.07, 6.45) is 8.98. The maximum atomic E-state index is 12.0. The van der Waals surface area contributed by atoms with Crippen LogP contribution in [0.5, 0.6) is 0 Å². The fraction of sp³-hybridized carbons (Fsp3) is 0.333. The van der Waals surface area contributed by atoms with Crippen molar-refractivity contribution in [3.8, 4) is 0 Å². The van der Waals surface area contributed by atoms with Crippen LogP contribution in [0.3, 0.4) is 0 Å². The summed E-state index contributed by atoms with van der Waals surface area (Å²) in [7, 11) is 0. The molecule has 0 aromatic carbocycles. The van der Waals surface area contributed by atoms with Crippen molar-refractivity contribution in [2.24, 2.45) is 0 Å². The molecule has 1 fully saturated rings. The molecule has 0 saturated carbocycles. The summed E-state index contributed by atoms with van der Waals surface area (Å²) < 4.78 is 0. The average molecular weight is 327 g/mol. The first-order valence-electron chi connectivity index (χ1n) is 8.01. The molecule has 5 heteroatoms. The van der Waals surface area contributed by atoms with E-state index in [2.05, 4.69) is 15.2 Å². The smallest absolute Gasteiger partial charge is 0.244 e. The Bertz CT molecular complexity index is 661. The first-order valence-corrected chi connectivity index (χ1v) is 8.89. The normalized spacial score (nSPS) is 15.0. The van der Waals surface area contributed by atoms with Crippen molar-refractivity contribution in [2.45, 2.75) is 25.8 Å². The van der Waals surface area contributed by atoms with Gasteiger partial charge in [0, 0.05) is 42.3 Å². The number of anilines is 1. The van der Waals surface area contributed by atoms with Gasteiger partial charge < -0.3 is 10.2 Å². The Morgan fingerprint density at radius 1 is 1.26 bits per heavy atom. The highest BCUT2D eigenvalue weighted by Crippen LogP contribution is 2.21. The van der Waals surface area contributed by atoms with Gasteiger partial charge in [-0.15, -0.1) is 11.3 Å². The van der Waals surface area contributed by atoms with Crippen LogP contribution in [-0.4, -0.2) is 24.0 Å². The molecule has 0 atom stereocenters. The lowest BCUT2D eigenvalue weighted by molar-refractivity contribution is -0.116. The number of nitrogens with zero attached hydrogens (tertiary/aromatic N) is 2. The zero-order chi connectivity index (χ0) is 15.9. The molecule has 23 heavy (non-hydrogen) atoms. The van der Waals surface area contributed by atoms with Crippen LogP contribution >= 0.6 is 11.3 Å². The highest BCUT2D eigenvalue weighted by molar-refractivity contribution is 7.10. The van der Waals surface area contributed by atoms with Gasteiger partial charge in [-0.05, 0) is 42.9 Å². The van der Waals surface area contributed by atoms with E-state index in [1.54, 1.807) is 17.4 Å². The zero-order valence-corrected chi connectivity index (χ0v) is 13.9. The standard InChI is InChI=1S/C18H21N3OS/c22-17(9-8-16-7-5-13-23-16)20-14-15-6-4-10-19-18(15)21-11-2-1-3-12-21/h4-10,13H,1-3,11-12,14H2,(H,20,22). The van der Waals surface area contributed by atoms with Gasteiger partial charge in [0.1, 0.15) is 5.82 Å². The third-order valence-corrected chi connectivity index (χ3v) is 4.76. The summed E-state index contributed by atoms with van der Waals surface area (Å²) in [5.41, 5.74) is 1.08. The molecule has 1 saturated heterocycles. The second-order valence-corrected chi connectivity index (χ2v) is 6.58. The number of hydrogen-bond donors (Lipinski definition) is 1. The number of carbonyl (C=O) groups excluding carboxylic acids is 1. The molecule has 1 amide bonds. The summed E-state index contributed by atoms with van der Waals surface area (Å²) in [5.74, 6) is 0.932. The van der Waals surface area contributed by atoms with Gasteiger partial charge in [-0.25, -0.2) is 4.98 Å². The molecule has 3 heterocycles. The molecule has 2 aromatic rings.